The van der Waals surface area contributed by atoms with Crippen LogP contribution in [0.3, 0.4) is 0 Å². The first-order chi connectivity index (χ1) is 23.4. The fraction of sp³-hybridized carbons (Fsp3) is 0.769. The Hall–Kier alpha value is -2.85. The van der Waals surface area contributed by atoms with Gasteiger partial charge in [0, 0.05) is 63.6 Å². The zero-order valence-electron chi connectivity index (χ0n) is 30.8. The van der Waals surface area contributed by atoms with Gasteiger partial charge in [-0.3, -0.25) is 9.69 Å². The van der Waals surface area contributed by atoms with Crippen LogP contribution in [0.2, 0.25) is 0 Å². The topological polar surface area (TPSA) is 109 Å². The second-order valence-corrected chi connectivity index (χ2v) is 15.4. The van der Waals surface area contributed by atoms with Crippen molar-refractivity contribution in [2.45, 2.75) is 129 Å². The summed E-state index contributed by atoms with van der Waals surface area (Å²) in [4.78, 5) is 44.8. The van der Waals surface area contributed by atoms with Crippen LogP contribution in [0.15, 0.2) is 36.0 Å². The first-order valence-corrected chi connectivity index (χ1v) is 19.0. The zero-order valence-corrected chi connectivity index (χ0v) is 30.8. The lowest BCUT2D eigenvalue weighted by molar-refractivity contribution is -0.150. The smallest absolute Gasteiger partial charge is 0.410 e. The molecule has 10 nitrogen and oxygen atoms in total. The number of allylic oxidation sites excluding steroid dienone is 2. The molecule has 1 saturated carbocycles. The minimum atomic E-state index is -1.30. The highest BCUT2D eigenvalue weighted by Gasteiger charge is 2.37. The third kappa shape index (κ3) is 12.2. The number of ether oxygens (including phenoxy) is 3. The fourth-order valence-electron chi connectivity index (χ4n) is 7.44. The fourth-order valence-corrected chi connectivity index (χ4v) is 7.44. The SMILES string of the molecule is C/C(=C\C=C\[C@@H](C)COC(=O)N1CCCC1)[C@H]1OC(=O)C[C@H](C)CC[C@@](C)(O)[C@@H](OC(=O)N2CCN(C3CCCCCC3)CC2)/C=C/[C@@H]1C. The lowest BCUT2D eigenvalue weighted by atomic mass is 9.87. The molecule has 1 N–H and O–H groups in total. The van der Waals surface area contributed by atoms with Crippen molar-refractivity contribution >= 4 is 18.2 Å². The summed E-state index contributed by atoms with van der Waals surface area (Å²) in [5, 5.41) is 11.6. The van der Waals surface area contributed by atoms with Gasteiger partial charge in [-0.25, -0.2) is 9.59 Å². The maximum atomic E-state index is 13.5. The minimum absolute atomic E-state index is 0.0138. The second kappa shape index (κ2) is 18.9. The van der Waals surface area contributed by atoms with E-state index < -0.39 is 23.9 Å². The van der Waals surface area contributed by atoms with Gasteiger partial charge in [0.05, 0.1) is 6.61 Å². The summed E-state index contributed by atoms with van der Waals surface area (Å²) in [5.41, 5.74) is -0.442. The zero-order chi connectivity index (χ0) is 35.4. The Bertz CT molecular complexity index is 1160. The third-order valence-corrected chi connectivity index (χ3v) is 10.8. The number of hydrogen-bond acceptors (Lipinski definition) is 8. The number of hydrogen-bond donors (Lipinski definition) is 1. The Morgan fingerprint density at radius 1 is 0.959 bits per heavy atom. The van der Waals surface area contributed by atoms with E-state index in [1.54, 1.807) is 22.8 Å². The van der Waals surface area contributed by atoms with E-state index in [9.17, 15) is 19.5 Å². The van der Waals surface area contributed by atoms with Gasteiger partial charge in [-0.1, -0.05) is 70.8 Å². The molecule has 0 spiro atoms. The number of esters is 1. The van der Waals surface area contributed by atoms with Gasteiger partial charge >= 0.3 is 18.2 Å². The maximum Gasteiger partial charge on any atom is 0.410 e. The van der Waals surface area contributed by atoms with Gasteiger partial charge in [0.1, 0.15) is 11.7 Å². The molecule has 0 aromatic heterocycles. The molecule has 276 valence electrons. The quantitative estimate of drug-likeness (QED) is 0.102. The molecule has 10 heteroatoms. The van der Waals surface area contributed by atoms with Crippen LogP contribution in [0.5, 0.6) is 0 Å². The van der Waals surface area contributed by atoms with Crippen molar-refractivity contribution in [3.8, 4) is 0 Å². The average Bonchev–Trinajstić information content (AvgIpc) is 3.49. The molecule has 2 saturated heterocycles. The Kier molecular flexibility index (Phi) is 15.1. The van der Waals surface area contributed by atoms with Crippen LogP contribution in [-0.4, -0.2) is 108 Å². The van der Waals surface area contributed by atoms with Gasteiger partial charge in [-0.15, -0.1) is 0 Å². The van der Waals surface area contributed by atoms with E-state index in [0.29, 0.717) is 38.6 Å². The van der Waals surface area contributed by atoms with Crippen molar-refractivity contribution in [3.63, 3.8) is 0 Å². The molecule has 2 amide bonds. The summed E-state index contributed by atoms with van der Waals surface area (Å²) in [5.74, 6) is -0.518. The molecule has 3 heterocycles. The molecule has 4 aliphatic rings. The Morgan fingerprint density at radius 2 is 1.61 bits per heavy atom. The molecule has 0 unspecified atom stereocenters. The molecule has 4 rings (SSSR count). The number of nitrogens with zero attached hydrogens (tertiary/aromatic N) is 3. The molecular formula is C39H63N3O7. The van der Waals surface area contributed by atoms with Crippen LogP contribution in [0.25, 0.3) is 0 Å². The van der Waals surface area contributed by atoms with Gasteiger partial charge in [-0.2, -0.15) is 0 Å². The molecule has 3 fully saturated rings. The van der Waals surface area contributed by atoms with Crippen molar-refractivity contribution in [3.05, 3.63) is 36.0 Å². The highest BCUT2D eigenvalue weighted by atomic mass is 16.6. The Balaban J connectivity index is 1.40. The van der Waals surface area contributed by atoms with Crippen LogP contribution >= 0.6 is 0 Å². The summed E-state index contributed by atoms with van der Waals surface area (Å²) >= 11 is 0. The van der Waals surface area contributed by atoms with Crippen molar-refractivity contribution in [1.29, 1.82) is 0 Å². The molecular weight excluding hydrogens is 622 g/mol. The molecule has 6 atom stereocenters. The number of amides is 2. The lowest BCUT2D eigenvalue weighted by Gasteiger charge is -2.40. The summed E-state index contributed by atoms with van der Waals surface area (Å²) in [6.45, 7) is 14.3. The highest BCUT2D eigenvalue weighted by Crippen LogP contribution is 2.29. The van der Waals surface area contributed by atoms with E-state index >= 15 is 0 Å². The predicted molar refractivity (Wildman–Crippen MR) is 191 cm³/mol. The van der Waals surface area contributed by atoms with Crippen LogP contribution in [0.4, 0.5) is 9.59 Å². The number of piperazine rings is 1. The van der Waals surface area contributed by atoms with Gasteiger partial charge in [0.15, 0.2) is 6.10 Å². The largest absolute Gasteiger partial charge is 0.457 e. The minimum Gasteiger partial charge on any atom is -0.457 e. The van der Waals surface area contributed by atoms with Crippen LogP contribution in [-0.2, 0) is 19.0 Å². The monoisotopic (exact) mass is 685 g/mol. The standard InChI is InChI=1S/C39H63N3O7/c1-29-19-20-39(5,46)34(48-38(45)42-25-23-40(24-26-42)33-15-8-6-7-9-16-33)18-17-32(4)36(49-35(43)27-29)31(3)14-12-13-30(2)28-47-37(44)41-21-10-11-22-41/h12-14,17-18,29-30,32-34,36,46H,6-11,15-16,19-28H2,1-5H3/b13-12+,18-17+,31-14+/t29-,30-,32+,34+,36-,39-/m1/s1. The maximum absolute atomic E-state index is 13.5. The summed E-state index contributed by atoms with van der Waals surface area (Å²) in [6, 6.07) is 0.613. The Labute approximate surface area is 294 Å². The van der Waals surface area contributed by atoms with Crippen molar-refractivity contribution in [2.75, 3.05) is 45.9 Å². The molecule has 3 aliphatic heterocycles. The number of carbonyl (C=O) groups excluding carboxylic acids is 3. The second-order valence-electron chi connectivity index (χ2n) is 15.4. The molecule has 0 aromatic carbocycles. The van der Waals surface area contributed by atoms with Gasteiger partial charge in [0.25, 0.3) is 0 Å². The normalized spacial score (nSPS) is 31.7. The first-order valence-electron chi connectivity index (χ1n) is 19.0. The summed E-state index contributed by atoms with van der Waals surface area (Å²) in [6.07, 6.45) is 18.4. The molecule has 0 bridgehead atoms. The lowest BCUT2D eigenvalue weighted by Crippen LogP contribution is -2.53. The van der Waals surface area contributed by atoms with E-state index in [1.807, 2.05) is 52.0 Å². The van der Waals surface area contributed by atoms with Crippen molar-refractivity contribution < 1.29 is 33.7 Å². The first kappa shape index (κ1) is 38.9. The van der Waals surface area contributed by atoms with Crippen LogP contribution in [0, 0.1) is 17.8 Å². The molecule has 0 radical (unpaired) electrons. The number of carbonyl (C=O) groups is 3. The van der Waals surface area contributed by atoms with E-state index in [2.05, 4.69) is 4.90 Å². The van der Waals surface area contributed by atoms with E-state index in [-0.39, 0.29) is 36.2 Å². The van der Waals surface area contributed by atoms with E-state index in [1.165, 1.54) is 38.5 Å². The van der Waals surface area contributed by atoms with E-state index in [4.69, 9.17) is 14.2 Å². The van der Waals surface area contributed by atoms with Crippen LogP contribution < -0.4 is 0 Å². The average molecular weight is 686 g/mol. The molecule has 0 aromatic rings. The van der Waals surface area contributed by atoms with Crippen LogP contribution in [0.1, 0.15) is 105 Å². The van der Waals surface area contributed by atoms with E-state index in [0.717, 1.165) is 44.6 Å². The van der Waals surface area contributed by atoms with Crippen molar-refractivity contribution in [1.82, 2.24) is 14.7 Å². The number of cyclic esters (lactones) is 1. The molecule has 1 aliphatic carbocycles. The summed E-state index contributed by atoms with van der Waals surface area (Å²) < 4.78 is 17.6. The predicted octanol–water partition coefficient (Wildman–Crippen LogP) is 6.88. The number of rotatable bonds is 7. The highest BCUT2D eigenvalue weighted by molar-refractivity contribution is 5.70. The van der Waals surface area contributed by atoms with Crippen molar-refractivity contribution in [2.24, 2.45) is 17.8 Å². The number of likely N-dealkylation sites (tertiary alicyclic amines) is 1. The number of aliphatic hydroxyl groups is 1. The van der Waals surface area contributed by atoms with Gasteiger partial charge in [-0.05, 0) is 69.9 Å². The third-order valence-electron chi connectivity index (χ3n) is 10.8. The Morgan fingerprint density at radius 3 is 2.29 bits per heavy atom. The van der Waals surface area contributed by atoms with Gasteiger partial charge in [0.2, 0.25) is 0 Å². The molecule has 49 heavy (non-hydrogen) atoms. The summed E-state index contributed by atoms with van der Waals surface area (Å²) in [7, 11) is 0. The van der Waals surface area contributed by atoms with Gasteiger partial charge < -0.3 is 29.1 Å².